The molecule has 1 saturated heterocycles. The second-order valence-corrected chi connectivity index (χ2v) is 6.59. The minimum absolute atomic E-state index is 0.0210. The molecule has 1 aliphatic carbocycles. The lowest BCUT2D eigenvalue weighted by atomic mass is 10.0. The molecule has 1 atom stereocenters. The molecule has 18 heavy (non-hydrogen) atoms. The highest BCUT2D eigenvalue weighted by atomic mass is 16.5. The second kappa shape index (κ2) is 6.36. The molecule has 3 heteroatoms. The van der Waals surface area contributed by atoms with Crippen LogP contribution in [0, 0.1) is 0 Å². The molecule has 2 aliphatic rings. The van der Waals surface area contributed by atoms with Gasteiger partial charge in [-0.2, -0.15) is 0 Å². The minimum atomic E-state index is 0.0210. The molecule has 1 N–H and O–H groups in total. The Morgan fingerprint density at radius 1 is 1.22 bits per heavy atom. The summed E-state index contributed by atoms with van der Waals surface area (Å²) in [5.41, 5.74) is 0.0210. The molecule has 3 nitrogen and oxygen atoms in total. The van der Waals surface area contributed by atoms with Crippen molar-refractivity contribution >= 4 is 0 Å². The van der Waals surface area contributed by atoms with Gasteiger partial charge in [0.2, 0.25) is 0 Å². The Morgan fingerprint density at radius 3 is 2.56 bits per heavy atom. The van der Waals surface area contributed by atoms with Crippen LogP contribution < -0.4 is 5.32 Å². The number of methoxy groups -OCH3 is 1. The summed E-state index contributed by atoms with van der Waals surface area (Å²) in [5, 5.41) is 3.67. The molecule has 1 unspecified atom stereocenters. The van der Waals surface area contributed by atoms with Gasteiger partial charge in [0.15, 0.2) is 0 Å². The first kappa shape index (κ1) is 14.3. The van der Waals surface area contributed by atoms with Gasteiger partial charge in [-0.25, -0.2) is 0 Å². The van der Waals surface area contributed by atoms with Crippen LogP contribution in [0.4, 0.5) is 0 Å². The van der Waals surface area contributed by atoms with E-state index in [0.717, 1.165) is 18.5 Å². The highest BCUT2D eigenvalue weighted by Crippen LogP contribution is 2.29. The van der Waals surface area contributed by atoms with E-state index in [9.17, 15) is 0 Å². The van der Waals surface area contributed by atoms with Gasteiger partial charge in [0.05, 0.1) is 5.60 Å². The maximum atomic E-state index is 5.54. The summed E-state index contributed by atoms with van der Waals surface area (Å²) in [7, 11) is 1.82. The molecule has 1 heterocycles. The molecule has 0 bridgehead atoms. The molecule has 0 aromatic heterocycles. The Balaban J connectivity index is 1.76. The third kappa shape index (κ3) is 4.52. The van der Waals surface area contributed by atoms with Gasteiger partial charge in [-0.15, -0.1) is 0 Å². The first-order valence-corrected chi connectivity index (χ1v) is 7.63. The van der Waals surface area contributed by atoms with E-state index in [4.69, 9.17) is 4.74 Å². The summed E-state index contributed by atoms with van der Waals surface area (Å²) in [4.78, 5) is 2.70. The molecular formula is C15H30N2O. The van der Waals surface area contributed by atoms with Gasteiger partial charge in [-0.1, -0.05) is 6.42 Å². The maximum Gasteiger partial charge on any atom is 0.0634 e. The van der Waals surface area contributed by atoms with Gasteiger partial charge in [-0.3, -0.25) is 4.90 Å². The molecule has 1 saturated carbocycles. The molecule has 106 valence electrons. The average molecular weight is 254 g/mol. The first-order valence-electron chi connectivity index (χ1n) is 7.63. The normalized spacial score (nSPS) is 25.7. The summed E-state index contributed by atoms with van der Waals surface area (Å²) in [6.07, 6.45) is 8.06. The van der Waals surface area contributed by atoms with E-state index in [0.29, 0.717) is 0 Å². The van der Waals surface area contributed by atoms with E-state index in [-0.39, 0.29) is 5.60 Å². The van der Waals surface area contributed by atoms with Crippen LogP contribution in [0.25, 0.3) is 0 Å². The Kier molecular flexibility index (Phi) is 5.05. The maximum absolute atomic E-state index is 5.54. The van der Waals surface area contributed by atoms with Crippen molar-refractivity contribution in [1.82, 2.24) is 10.2 Å². The molecule has 1 aliphatic heterocycles. The standard InChI is InChI=1S/C15H30N2O/c1-15(2,18-3)9-11-17(14-7-8-14)12-13-6-4-5-10-16-13/h13-14,16H,4-12H2,1-3H3. The highest BCUT2D eigenvalue weighted by Gasteiger charge is 2.31. The van der Waals surface area contributed by atoms with E-state index in [1.54, 1.807) is 0 Å². The number of hydrogen-bond acceptors (Lipinski definition) is 3. The van der Waals surface area contributed by atoms with Crippen LogP contribution in [0.1, 0.15) is 52.4 Å². The van der Waals surface area contributed by atoms with Crippen LogP contribution in [-0.2, 0) is 4.74 Å². The molecule has 0 amide bonds. The number of nitrogens with zero attached hydrogens (tertiary/aromatic N) is 1. The number of ether oxygens (including phenoxy) is 1. The Bertz CT molecular complexity index is 245. The lowest BCUT2D eigenvalue weighted by Gasteiger charge is -2.33. The zero-order valence-electron chi connectivity index (χ0n) is 12.4. The summed E-state index contributed by atoms with van der Waals surface area (Å²) in [6, 6.07) is 1.59. The lowest BCUT2D eigenvalue weighted by Crippen LogP contribution is -2.45. The van der Waals surface area contributed by atoms with Crippen molar-refractivity contribution in [3.8, 4) is 0 Å². The topological polar surface area (TPSA) is 24.5 Å². The van der Waals surface area contributed by atoms with Gasteiger partial charge in [0.1, 0.15) is 0 Å². The zero-order chi connectivity index (χ0) is 13.0. The number of piperidine rings is 1. The van der Waals surface area contributed by atoms with Crippen LogP contribution in [-0.4, -0.2) is 49.3 Å². The Labute approximate surface area is 112 Å². The first-order chi connectivity index (χ1) is 8.61. The number of rotatable bonds is 7. The minimum Gasteiger partial charge on any atom is -0.379 e. The smallest absolute Gasteiger partial charge is 0.0634 e. The van der Waals surface area contributed by atoms with E-state index in [2.05, 4.69) is 24.1 Å². The van der Waals surface area contributed by atoms with Crippen molar-refractivity contribution < 1.29 is 4.74 Å². The molecule has 0 radical (unpaired) electrons. The monoisotopic (exact) mass is 254 g/mol. The van der Waals surface area contributed by atoms with E-state index in [1.807, 2.05) is 7.11 Å². The molecule has 2 rings (SSSR count). The fourth-order valence-corrected chi connectivity index (χ4v) is 2.74. The molecule has 2 fully saturated rings. The van der Waals surface area contributed by atoms with Crippen LogP contribution in [0.15, 0.2) is 0 Å². The van der Waals surface area contributed by atoms with Crippen molar-refractivity contribution in [3.05, 3.63) is 0 Å². The van der Waals surface area contributed by atoms with Crippen molar-refractivity contribution in [2.24, 2.45) is 0 Å². The van der Waals surface area contributed by atoms with Crippen LogP contribution in [0.2, 0.25) is 0 Å². The van der Waals surface area contributed by atoms with E-state index < -0.39 is 0 Å². The van der Waals surface area contributed by atoms with Gasteiger partial charge in [0, 0.05) is 32.3 Å². The van der Waals surface area contributed by atoms with Crippen LogP contribution >= 0.6 is 0 Å². The highest BCUT2D eigenvalue weighted by molar-refractivity contribution is 4.88. The number of nitrogens with one attached hydrogen (secondary N) is 1. The third-order valence-corrected chi connectivity index (χ3v) is 4.48. The largest absolute Gasteiger partial charge is 0.379 e. The lowest BCUT2D eigenvalue weighted by molar-refractivity contribution is 0.00586. The van der Waals surface area contributed by atoms with Gasteiger partial charge in [-0.05, 0) is 52.5 Å². The fourth-order valence-electron chi connectivity index (χ4n) is 2.74. The van der Waals surface area contributed by atoms with Crippen LogP contribution in [0.5, 0.6) is 0 Å². The van der Waals surface area contributed by atoms with Gasteiger partial charge >= 0.3 is 0 Å². The van der Waals surface area contributed by atoms with E-state index >= 15 is 0 Å². The van der Waals surface area contributed by atoms with Gasteiger partial charge in [0.25, 0.3) is 0 Å². The zero-order valence-corrected chi connectivity index (χ0v) is 12.4. The predicted octanol–water partition coefficient (Wildman–Crippen LogP) is 2.41. The predicted molar refractivity (Wildman–Crippen MR) is 75.9 cm³/mol. The SMILES string of the molecule is COC(C)(C)CCN(CC1CCCCN1)C1CC1. The van der Waals surface area contributed by atoms with Crippen LogP contribution in [0.3, 0.4) is 0 Å². The summed E-state index contributed by atoms with van der Waals surface area (Å²) in [5.74, 6) is 0. The Hall–Kier alpha value is -0.120. The van der Waals surface area contributed by atoms with Crippen molar-refractivity contribution in [2.75, 3.05) is 26.7 Å². The van der Waals surface area contributed by atoms with Crippen molar-refractivity contribution in [2.45, 2.75) is 70.1 Å². The summed E-state index contributed by atoms with van der Waals surface area (Å²) < 4.78 is 5.54. The average Bonchev–Trinajstić information content (AvgIpc) is 3.20. The molecule has 0 aromatic carbocycles. The molecular weight excluding hydrogens is 224 g/mol. The number of hydrogen-bond donors (Lipinski definition) is 1. The quantitative estimate of drug-likeness (QED) is 0.755. The summed E-state index contributed by atoms with van der Waals surface area (Å²) in [6.45, 7) is 8.02. The second-order valence-electron chi connectivity index (χ2n) is 6.59. The van der Waals surface area contributed by atoms with E-state index in [1.165, 1.54) is 51.7 Å². The summed E-state index contributed by atoms with van der Waals surface area (Å²) >= 11 is 0. The van der Waals surface area contributed by atoms with Crippen molar-refractivity contribution in [3.63, 3.8) is 0 Å². The molecule has 0 spiro atoms. The van der Waals surface area contributed by atoms with Crippen molar-refractivity contribution in [1.29, 1.82) is 0 Å². The fraction of sp³-hybridized carbons (Fsp3) is 1.00. The third-order valence-electron chi connectivity index (χ3n) is 4.48. The van der Waals surface area contributed by atoms with Gasteiger partial charge < -0.3 is 10.1 Å². The molecule has 0 aromatic rings. The Morgan fingerprint density at radius 2 is 2.00 bits per heavy atom.